The minimum Gasteiger partial charge on any atom is -0.369 e. The molecule has 8 heteroatoms. The molecule has 3 aliphatic carbocycles. The fourth-order valence-corrected chi connectivity index (χ4v) is 9.66. The molecule has 1 spiro atoms. The van der Waals surface area contributed by atoms with Crippen LogP contribution < -0.4 is 4.90 Å². The van der Waals surface area contributed by atoms with E-state index in [-0.39, 0.29) is 10.3 Å². The highest BCUT2D eigenvalue weighted by Gasteiger charge is 2.90. The lowest BCUT2D eigenvalue weighted by molar-refractivity contribution is 0.0466. The van der Waals surface area contributed by atoms with E-state index in [1.54, 1.807) is 16.4 Å². The predicted octanol–water partition coefficient (Wildman–Crippen LogP) is 5.70. The second kappa shape index (κ2) is 6.82. The molecule has 1 aromatic carbocycles. The van der Waals surface area contributed by atoms with Gasteiger partial charge in [0.15, 0.2) is 0 Å². The van der Waals surface area contributed by atoms with E-state index in [0.717, 1.165) is 38.5 Å². The van der Waals surface area contributed by atoms with Crippen LogP contribution in [0.5, 0.6) is 0 Å². The summed E-state index contributed by atoms with van der Waals surface area (Å²) in [6.07, 6.45) is 8.84. The summed E-state index contributed by atoms with van der Waals surface area (Å²) in [5.41, 5.74) is -0.911. The van der Waals surface area contributed by atoms with Crippen molar-refractivity contribution in [1.82, 2.24) is 4.31 Å². The Morgan fingerprint density at radius 3 is 2.25 bits per heavy atom. The zero-order valence-electron chi connectivity index (χ0n) is 18.4. The topological polar surface area (TPSA) is 40.6 Å². The Balaban J connectivity index is 1.25. The third-order valence-corrected chi connectivity index (χ3v) is 11.9. The maximum atomic E-state index is 15.0. The molecule has 0 N–H and O–H groups in total. The van der Waals surface area contributed by atoms with Crippen LogP contribution in [0.25, 0.3) is 0 Å². The maximum absolute atomic E-state index is 15.0. The quantitative estimate of drug-likeness (QED) is 0.552. The highest BCUT2D eigenvalue weighted by Crippen LogP contribution is 2.83. The van der Waals surface area contributed by atoms with Gasteiger partial charge in [-0.1, -0.05) is 30.9 Å². The zero-order valence-corrected chi connectivity index (χ0v) is 20.0. The monoisotopic (exact) mass is 484 g/mol. The largest absolute Gasteiger partial charge is 0.369 e. The third-order valence-electron chi connectivity index (χ3n) is 9.72. The molecule has 0 amide bonds. The maximum Gasteiger partial charge on any atom is 0.262 e. The molecule has 6 rings (SSSR count). The van der Waals surface area contributed by atoms with Gasteiger partial charge in [0.1, 0.15) is 0 Å². The first-order chi connectivity index (χ1) is 15.2. The van der Waals surface area contributed by atoms with Crippen molar-refractivity contribution in [2.24, 2.45) is 16.2 Å². The van der Waals surface area contributed by atoms with Crippen LogP contribution in [-0.2, 0) is 10.0 Å². The van der Waals surface area contributed by atoms with E-state index in [2.05, 4.69) is 0 Å². The molecular weight excluding hydrogens is 454 g/mol. The number of halogens is 3. The summed E-state index contributed by atoms with van der Waals surface area (Å²) in [6, 6.07) is 4.87. The lowest BCUT2D eigenvalue weighted by Gasteiger charge is -2.48. The lowest BCUT2D eigenvalue weighted by atomic mass is 9.65. The standard InChI is InChI=1S/C24H31ClF2N2O2S/c25-19-15-18(32(30,31)29-13-4-9-21(16-29)7-3-8-21)5-6-20(19)28-14-12-22-10-1-2-11-23(22,17-28)24(22,26)27/h5-6,15H,1-4,7-14,16-17H2. The van der Waals surface area contributed by atoms with Gasteiger partial charge < -0.3 is 4.90 Å². The van der Waals surface area contributed by atoms with Crippen molar-refractivity contribution in [2.45, 2.75) is 75.0 Å². The first kappa shape index (κ1) is 21.6. The molecule has 0 radical (unpaired) electrons. The molecule has 1 aromatic rings. The highest BCUT2D eigenvalue weighted by molar-refractivity contribution is 7.89. The Bertz CT molecular complexity index is 1060. The Morgan fingerprint density at radius 2 is 1.56 bits per heavy atom. The van der Waals surface area contributed by atoms with Gasteiger partial charge in [-0.05, 0) is 68.6 Å². The van der Waals surface area contributed by atoms with Crippen molar-refractivity contribution >= 4 is 27.3 Å². The van der Waals surface area contributed by atoms with E-state index >= 15 is 8.78 Å². The second-order valence-electron chi connectivity index (χ2n) is 11.0. The van der Waals surface area contributed by atoms with Crippen LogP contribution >= 0.6 is 11.6 Å². The van der Waals surface area contributed by atoms with Gasteiger partial charge in [0.2, 0.25) is 10.0 Å². The van der Waals surface area contributed by atoms with Crippen molar-refractivity contribution in [3.05, 3.63) is 23.2 Å². The first-order valence-electron chi connectivity index (χ1n) is 12.1. The average molecular weight is 485 g/mol. The number of nitrogens with zero attached hydrogens (tertiary/aromatic N) is 2. The molecule has 32 heavy (non-hydrogen) atoms. The van der Waals surface area contributed by atoms with Crippen molar-refractivity contribution in [3.63, 3.8) is 0 Å². The zero-order chi connectivity index (χ0) is 22.4. The number of rotatable bonds is 3. The van der Waals surface area contributed by atoms with Gasteiger partial charge in [0, 0.05) is 31.6 Å². The van der Waals surface area contributed by atoms with Gasteiger partial charge in [-0.25, -0.2) is 17.2 Å². The Hall–Kier alpha value is -0.920. The molecule has 2 atom stereocenters. The van der Waals surface area contributed by atoms with Crippen LogP contribution in [-0.4, -0.2) is 44.8 Å². The summed E-state index contributed by atoms with van der Waals surface area (Å²) < 4.78 is 58.3. The number of hydrogen-bond acceptors (Lipinski definition) is 3. The number of sulfonamides is 1. The summed E-state index contributed by atoms with van der Waals surface area (Å²) in [5.74, 6) is -2.60. The van der Waals surface area contributed by atoms with E-state index in [1.165, 1.54) is 12.5 Å². The Kier molecular flexibility index (Phi) is 4.60. The fourth-order valence-electron chi connectivity index (χ4n) is 7.68. The Morgan fingerprint density at radius 1 is 0.844 bits per heavy atom. The van der Waals surface area contributed by atoms with Crippen molar-refractivity contribution in [2.75, 3.05) is 31.1 Å². The normalized spacial score (nSPS) is 35.7. The van der Waals surface area contributed by atoms with Crippen LogP contribution in [0.4, 0.5) is 14.5 Å². The van der Waals surface area contributed by atoms with Crippen LogP contribution in [0.1, 0.15) is 64.2 Å². The first-order valence-corrected chi connectivity index (χ1v) is 13.9. The summed E-state index contributed by atoms with van der Waals surface area (Å²) >= 11 is 6.59. The van der Waals surface area contributed by atoms with Gasteiger partial charge in [-0.15, -0.1) is 0 Å². The van der Waals surface area contributed by atoms with E-state index in [9.17, 15) is 8.42 Å². The van der Waals surface area contributed by atoms with E-state index in [1.807, 2.05) is 4.90 Å². The third kappa shape index (κ3) is 2.65. The average Bonchev–Trinajstić information content (AvgIpc) is 3.22. The van der Waals surface area contributed by atoms with E-state index in [4.69, 9.17) is 11.6 Å². The van der Waals surface area contributed by atoms with Crippen LogP contribution in [0.3, 0.4) is 0 Å². The molecule has 5 fully saturated rings. The smallest absolute Gasteiger partial charge is 0.262 e. The highest BCUT2D eigenvalue weighted by atomic mass is 35.5. The van der Waals surface area contributed by atoms with Gasteiger partial charge >= 0.3 is 0 Å². The summed E-state index contributed by atoms with van der Waals surface area (Å²) in [7, 11) is -3.61. The summed E-state index contributed by atoms with van der Waals surface area (Å²) in [5, 5.41) is 0.338. The summed E-state index contributed by atoms with van der Waals surface area (Å²) in [4.78, 5) is 2.18. The molecule has 2 heterocycles. The molecule has 3 saturated carbocycles. The SMILES string of the molecule is O=S(=O)(c1ccc(N2CCC34CCCCC3(C2)C4(F)F)c(Cl)c1)N1CCCC2(CCC2)C1. The fraction of sp³-hybridized carbons (Fsp3) is 0.750. The van der Waals surface area contributed by atoms with Crippen molar-refractivity contribution in [3.8, 4) is 0 Å². The summed E-state index contributed by atoms with van der Waals surface area (Å²) in [6.45, 7) is 1.99. The molecule has 2 aliphatic heterocycles. The number of hydrogen-bond donors (Lipinski definition) is 0. The Labute approximate surface area is 194 Å². The molecule has 176 valence electrons. The molecule has 4 nitrogen and oxygen atoms in total. The predicted molar refractivity (Wildman–Crippen MR) is 121 cm³/mol. The molecular formula is C24H31ClF2N2O2S. The van der Waals surface area contributed by atoms with Crippen LogP contribution in [0.2, 0.25) is 5.02 Å². The molecule has 0 bridgehead atoms. The van der Waals surface area contributed by atoms with Gasteiger partial charge in [-0.3, -0.25) is 0 Å². The van der Waals surface area contributed by atoms with Crippen molar-refractivity contribution in [1.29, 1.82) is 0 Å². The van der Waals surface area contributed by atoms with Gasteiger partial charge in [0.25, 0.3) is 5.92 Å². The minimum atomic E-state index is -3.61. The second-order valence-corrected chi connectivity index (χ2v) is 13.4. The van der Waals surface area contributed by atoms with E-state index < -0.39 is 26.8 Å². The molecule has 0 aromatic heterocycles. The molecule has 2 unspecified atom stereocenters. The van der Waals surface area contributed by atoms with Crippen LogP contribution in [0, 0.1) is 16.2 Å². The van der Waals surface area contributed by atoms with Crippen molar-refractivity contribution < 1.29 is 17.2 Å². The number of alkyl halides is 2. The minimum absolute atomic E-state index is 0.171. The lowest BCUT2D eigenvalue weighted by Crippen LogP contribution is -2.49. The number of benzene rings is 1. The van der Waals surface area contributed by atoms with E-state index in [0.29, 0.717) is 56.2 Å². The van der Waals surface area contributed by atoms with Gasteiger partial charge in [0.05, 0.1) is 21.0 Å². The number of anilines is 1. The van der Waals surface area contributed by atoms with Crippen LogP contribution in [0.15, 0.2) is 23.1 Å². The van der Waals surface area contributed by atoms with Gasteiger partial charge in [-0.2, -0.15) is 4.31 Å². The number of piperidine rings is 2. The molecule has 5 aliphatic rings. The molecule has 2 saturated heterocycles.